The van der Waals surface area contributed by atoms with Crippen molar-refractivity contribution in [3.8, 4) is 0 Å². The second-order valence-electron chi connectivity index (χ2n) is 4.98. The summed E-state index contributed by atoms with van der Waals surface area (Å²) in [7, 11) is -3.67. The molecule has 0 saturated carbocycles. The third-order valence-electron chi connectivity index (χ3n) is 3.45. The fraction of sp³-hybridized carbons (Fsp3) is 0.417. The van der Waals surface area contributed by atoms with Crippen LogP contribution in [0, 0.1) is 0 Å². The van der Waals surface area contributed by atoms with Crippen LogP contribution in [0.25, 0.3) is 0 Å². The Balaban J connectivity index is 1.93. The molecule has 0 spiro atoms. The Morgan fingerprint density at radius 1 is 1.35 bits per heavy atom. The first-order chi connectivity index (χ1) is 9.45. The zero-order valence-electron chi connectivity index (χ0n) is 10.6. The van der Waals surface area contributed by atoms with Crippen LogP contribution in [0.2, 0.25) is 5.02 Å². The number of fused-ring (bicyclic) bond motifs is 1. The van der Waals surface area contributed by atoms with Crippen molar-refractivity contribution in [2.45, 2.75) is 23.8 Å². The van der Waals surface area contributed by atoms with Gasteiger partial charge in [-0.1, -0.05) is 11.6 Å². The summed E-state index contributed by atoms with van der Waals surface area (Å²) in [5.74, 6) is -0.154. The summed E-state index contributed by atoms with van der Waals surface area (Å²) in [4.78, 5) is 11.4. The number of carbonyl (C=O) groups is 1. The third-order valence-corrected chi connectivity index (χ3v) is 5.44. The number of nitrogens with one attached hydrogen (secondary N) is 3. The Morgan fingerprint density at radius 3 is 2.85 bits per heavy atom. The number of rotatable bonds is 3. The molecule has 1 unspecified atom stereocenters. The van der Waals surface area contributed by atoms with Crippen LogP contribution in [-0.2, 0) is 21.2 Å². The SMILES string of the molecule is O=C1Cc2cc(S(=O)(=O)NC3CCNC3)c(Cl)cc2N1. The van der Waals surface area contributed by atoms with Gasteiger partial charge in [0.05, 0.1) is 11.4 Å². The summed E-state index contributed by atoms with van der Waals surface area (Å²) in [5, 5.41) is 5.85. The van der Waals surface area contributed by atoms with Gasteiger partial charge in [-0.15, -0.1) is 0 Å². The summed E-state index contributed by atoms with van der Waals surface area (Å²) in [5.41, 5.74) is 1.24. The summed E-state index contributed by atoms with van der Waals surface area (Å²) in [6, 6.07) is 2.84. The van der Waals surface area contributed by atoms with Gasteiger partial charge in [0.15, 0.2) is 0 Å². The predicted molar refractivity (Wildman–Crippen MR) is 75.4 cm³/mol. The normalized spacial score (nSPS) is 21.9. The Labute approximate surface area is 121 Å². The molecule has 3 rings (SSSR count). The van der Waals surface area contributed by atoms with E-state index in [1.165, 1.54) is 12.1 Å². The quantitative estimate of drug-likeness (QED) is 0.757. The van der Waals surface area contributed by atoms with E-state index in [1.807, 2.05) is 0 Å². The highest BCUT2D eigenvalue weighted by molar-refractivity contribution is 7.89. The van der Waals surface area contributed by atoms with Crippen molar-refractivity contribution < 1.29 is 13.2 Å². The first-order valence-electron chi connectivity index (χ1n) is 6.31. The Morgan fingerprint density at radius 2 is 2.15 bits per heavy atom. The maximum atomic E-state index is 12.4. The van der Waals surface area contributed by atoms with Gasteiger partial charge in [0.25, 0.3) is 0 Å². The zero-order valence-corrected chi connectivity index (χ0v) is 12.1. The lowest BCUT2D eigenvalue weighted by atomic mass is 10.2. The molecule has 0 radical (unpaired) electrons. The number of amides is 1. The molecule has 2 aliphatic heterocycles. The molecular formula is C12H14ClN3O3S. The first kappa shape index (κ1) is 13.8. The highest BCUT2D eigenvalue weighted by Gasteiger charge is 2.27. The average Bonchev–Trinajstić information content (AvgIpc) is 2.95. The Hall–Kier alpha value is -1.15. The van der Waals surface area contributed by atoms with Crippen molar-refractivity contribution in [2.75, 3.05) is 18.4 Å². The van der Waals surface area contributed by atoms with Crippen LogP contribution in [-0.4, -0.2) is 33.5 Å². The average molecular weight is 316 g/mol. The molecule has 1 amide bonds. The summed E-state index contributed by atoms with van der Waals surface area (Å²) >= 11 is 6.04. The lowest BCUT2D eigenvalue weighted by Gasteiger charge is -2.14. The van der Waals surface area contributed by atoms with E-state index in [2.05, 4.69) is 15.4 Å². The monoisotopic (exact) mass is 315 g/mol. The number of benzene rings is 1. The van der Waals surface area contributed by atoms with E-state index in [9.17, 15) is 13.2 Å². The Bertz CT molecular complexity index is 669. The molecule has 8 heteroatoms. The lowest BCUT2D eigenvalue weighted by molar-refractivity contribution is -0.115. The molecule has 1 fully saturated rings. The number of anilines is 1. The molecule has 1 saturated heterocycles. The molecule has 20 heavy (non-hydrogen) atoms. The van der Waals surface area contributed by atoms with Crippen molar-refractivity contribution in [3.63, 3.8) is 0 Å². The van der Waals surface area contributed by atoms with Crippen LogP contribution in [0.3, 0.4) is 0 Å². The molecule has 6 nitrogen and oxygen atoms in total. The molecule has 2 aliphatic rings. The minimum Gasteiger partial charge on any atom is -0.325 e. The molecule has 3 N–H and O–H groups in total. The predicted octanol–water partition coefficient (Wildman–Crippen LogP) is 0.475. The summed E-state index contributed by atoms with van der Waals surface area (Å²) in [6.45, 7) is 1.41. The van der Waals surface area contributed by atoms with Crippen molar-refractivity contribution in [3.05, 3.63) is 22.7 Å². The number of carbonyl (C=O) groups excluding carboxylic acids is 1. The van der Waals surface area contributed by atoms with Crippen LogP contribution in [0.5, 0.6) is 0 Å². The van der Waals surface area contributed by atoms with Crippen LogP contribution in [0.1, 0.15) is 12.0 Å². The molecule has 0 aromatic heterocycles. The highest BCUT2D eigenvalue weighted by Crippen LogP contribution is 2.32. The van der Waals surface area contributed by atoms with E-state index in [1.54, 1.807) is 0 Å². The van der Waals surface area contributed by atoms with Crippen LogP contribution < -0.4 is 15.4 Å². The topological polar surface area (TPSA) is 87.3 Å². The van der Waals surface area contributed by atoms with Gasteiger partial charge in [0.1, 0.15) is 4.90 Å². The van der Waals surface area contributed by atoms with Crippen molar-refractivity contribution >= 4 is 33.2 Å². The molecule has 1 aromatic rings. The number of hydrogen-bond donors (Lipinski definition) is 3. The number of sulfonamides is 1. The van der Waals surface area contributed by atoms with Crippen LogP contribution in [0.15, 0.2) is 17.0 Å². The smallest absolute Gasteiger partial charge is 0.242 e. The van der Waals surface area contributed by atoms with E-state index in [0.29, 0.717) is 17.8 Å². The van der Waals surface area contributed by atoms with E-state index < -0.39 is 10.0 Å². The fourth-order valence-corrected chi connectivity index (χ4v) is 4.32. The standard InChI is InChI=1S/C12H14ClN3O3S/c13-9-5-10-7(4-12(17)15-10)3-11(9)20(18,19)16-8-1-2-14-6-8/h3,5,8,14,16H,1-2,4,6H2,(H,15,17). The number of halogens is 1. The van der Waals surface area contributed by atoms with Crippen LogP contribution >= 0.6 is 11.6 Å². The fourth-order valence-electron chi connectivity index (χ4n) is 2.47. The molecular weight excluding hydrogens is 302 g/mol. The molecule has 108 valence electrons. The van der Waals surface area contributed by atoms with Gasteiger partial charge < -0.3 is 10.6 Å². The maximum absolute atomic E-state index is 12.4. The lowest BCUT2D eigenvalue weighted by Crippen LogP contribution is -2.36. The van der Waals surface area contributed by atoms with E-state index >= 15 is 0 Å². The second-order valence-corrected chi connectivity index (χ2v) is 7.07. The highest BCUT2D eigenvalue weighted by atomic mass is 35.5. The molecule has 1 atom stereocenters. The Kier molecular flexibility index (Phi) is 3.45. The minimum absolute atomic E-state index is 0.0290. The molecule has 0 aliphatic carbocycles. The summed E-state index contributed by atoms with van der Waals surface area (Å²) in [6.07, 6.45) is 0.932. The second kappa shape index (κ2) is 5.00. The van der Waals surface area contributed by atoms with Gasteiger partial charge in [-0.2, -0.15) is 0 Å². The van der Waals surface area contributed by atoms with E-state index in [0.717, 1.165) is 13.0 Å². The molecule has 1 aromatic carbocycles. The van der Waals surface area contributed by atoms with Crippen molar-refractivity contribution in [1.29, 1.82) is 0 Å². The van der Waals surface area contributed by atoms with E-state index in [4.69, 9.17) is 11.6 Å². The zero-order chi connectivity index (χ0) is 14.3. The number of hydrogen-bond acceptors (Lipinski definition) is 4. The minimum atomic E-state index is -3.67. The van der Waals surface area contributed by atoms with Gasteiger partial charge in [0, 0.05) is 18.3 Å². The van der Waals surface area contributed by atoms with Gasteiger partial charge >= 0.3 is 0 Å². The van der Waals surface area contributed by atoms with Gasteiger partial charge in [0.2, 0.25) is 15.9 Å². The molecule has 0 bridgehead atoms. The van der Waals surface area contributed by atoms with Gasteiger partial charge in [-0.25, -0.2) is 13.1 Å². The van der Waals surface area contributed by atoms with Crippen molar-refractivity contribution in [2.24, 2.45) is 0 Å². The maximum Gasteiger partial charge on any atom is 0.242 e. The molecule has 2 heterocycles. The van der Waals surface area contributed by atoms with Gasteiger partial charge in [-0.05, 0) is 30.7 Å². The summed E-state index contributed by atoms with van der Waals surface area (Å²) < 4.78 is 27.4. The van der Waals surface area contributed by atoms with Crippen molar-refractivity contribution in [1.82, 2.24) is 10.0 Å². The van der Waals surface area contributed by atoms with E-state index in [-0.39, 0.29) is 28.3 Å². The largest absolute Gasteiger partial charge is 0.325 e. The third kappa shape index (κ3) is 2.54. The van der Waals surface area contributed by atoms with Crippen LogP contribution in [0.4, 0.5) is 5.69 Å². The first-order valence-corrected chi connectivity index (χ1v) is 8.17. The van der Waals surface area contributed by atoms with Gasteiger partial charge in [-0.3, -0.25) is 4.79 Å².